The molecule has 0 radical (unpaired) electrons. The van der Waals surface area contributed by atoms with Crippen molar-refractivity contribution < 1.29 is 0 Å². The molecule has 3 rings (SSSR count). The van der Waals surface area contributed by atoms with Crippen molar-refractivity contribution in [1.29, 1.82) is 0 Å². The maximum atomic E-state index is 2.42. The molecular weight excluding hydrogens is 388 g/mol. The fourth-order valence-electron chi connectivity index (χ4n) is 4.89. The second-order valence-electron chi connectivity index (χ2n) is 8.54. The predicted octanol–water partition coefficient (Wildman–Crippen LogP) is 7.89. The summed E-state index contributed by atoms with van der Waals surface area (Å²) in [5.41, 5.74) is 12.1. The summed E-state index contributed by atoms with van der Waals surface area (Å²) in [4.78, 5) is 4.83. The van der Waals surface area contributed by atoms with Crippen LogP contribution in [0.2, 0.25) is 0 Å². The minimum absolute atomic E-state index is 1.02. The highest BCUT2D eigenvalue weighted by molar-refractivity contribution is 5.89. The SMILES string of the molecule is CCc1cccc(-c2ccc(N(CC)CC)cc2C)c1-c1ccc(N(CC)CC)cc1C. The molecule has 0 saturated heterocycles. The normalized spacial score (nSPS) is 11.0. The van der Waals surface area contributed by atoms with Gasteiger partial charge < -0.3 is 9.80 Å². The molecule has 0 heterocycles. The molecule has 0 bridgehead atoms. The summed E-state index contributed by atoms with van der Waals surface area (Å²) in [6.07, 6.45) is 1.02. The third-order valence-electron chi connectivity index (χ3n) is 6.77. The molecule has 0 fully saturated rings. The van der Waals surface area contributed by atoms with Gasteiger partial charge in [-0.05, 0) is 111 Å². The second-order valence-corrected chi connectivity index (χ2v) is 8.54. The zero-order valence-electron chi connectivity index (χ0n) is 21.1. The van der Waals surface area contributed by atoms with Crippen LogP contribution in [0.5, 0.6) is 0 Å². The first-order valence-corrected chi connectivity index (χ1v) is 12.3. The molecule has 0 atom stereocenters. The Balaban J connectivity index is 2.16. The molecular formula is C30H40N2. The van der Waals surface area contributed by atoms with Crippen LogP contribution in [0.1, 0.15) is 51.3 Å². The molecule has 0 N–H and O–H groups in total. The maximum absolute atomic E-state index is 2.42. The molecule has 0 aliphatic heterocycles. The molecule has 0 aliphatic carbocycles. The zero-order valence-corrected chi connectivity index (χ0v) is 21.1. The van der Waals surface area contributed by atoms with Crippen molar-refractivity contribution in [2.75, 3.05) is 36.0 Å². The van der Waals surface area contributed by atoms with Crippen molar-refractivity contribution in [3.8, 4) is 22.3 Å². The van der Waals surface area contributed by atoms with Gasteiger partial charge in [-0.15, -0.1) is 0 Å². The Morgan fingerprint density at radius 1 is 0.562 bits per heavy atom. The fraction of sp³-hybridized carbons (Fsp3) is 0.400. The first-order valence-electron chi connectivity index (χ1n) is 12.3. The summed E-state index contributed by atoms with van der Waals surface area (Å²) in [5.74, 6) is 0. The molecule has 3 aromatic carbocycles. The summed E-state index contributed by atoms with van der Waals surface area (Å²) in [5, 5.41) is 0. The molecule has 0 amide bonds. The molecule has 32 heavy (non-hydrogen) atoms. The third kappa shape index (κ3) is 4.70. The van der Waals surface area contributed by atoms with Crippen LogP contribution in [0.15, 0.2) is 54.6 Å². The Labute approximate surface area is 195 Å². The molecule has 0 spiro atoms. The maximum Gasteiger partial charge on any atom is 0.0369 e. The Hall–Kier alpha value is -2.74. The second kappa shape index (κ2) is 10.7. The lowest BCUT2D eigenvalue weighted by Crippen LogP contribution is -2.21. The molecule has 0 saturated carbocycles. The van der Waals surface area contributed by atoms with Gasteiger partial charge in [-0.1, -0.05) is 37.3 Å². The van der Waals surface area contributed by atoms with Gasteiger partial charge in [0.1, 0.15) is 0 Å². The van der Waals surface area contributed by atoms with Crippen LogP contribution < -0.4 is 9.80 Å². The number of benzene rings is 3. The van der Waals surface area contributed by atoms with Gasteiger partial charge in [-0.25, -0.2) is 0 Å². The van der Waals surface area contributed by atoms with Gasteiger partial charge in [0, 0.05) is 37.6 Å². The standard InChI is InChI=1S/C30H40N2/c1-8-24-14-13-15-29(27-18-16-25(20-22(27)6)31(9-2)10-3)30(24)28-19-17-26(21-23(28)7)32(11-4)12-5/h13-21H,8-12H2,1-7H3. The van der Waals surface area contributed by atoms with E-state index in [1.807, 2.05) is 0 Å². The van der Waals surface area contributed by atoms with Crippen LogP contribution in [0, 0.1) is 13.8 Å². The van der Waals surface area contributed by atoms with Gasteiger partial charge in [0.05, 0.1) is 0 Å². The Bertz CT molecular complexity index is 1040. The number of hydrogen-bond donors (Lipinski definition) is 0. The quantitative estimate of drug-likeness (QED) is 0.342. The Morgan fingerprint density at radius 2 is 1.06 bits per heavy atom. The van der Waals surface area contributed by atoms with Crippen molar-refractivity contribution >= 4 is 11.4 Å². The lowest BCUT2D eigenvalue weighted by molar-refractivity contribution is 0.865. The van der Waals surface area contributed by atoms with Gasteiger partial charge in [-0.2, -0.15) is 0 Å². The average Bonchev–Trinajstić information content (AvgIpc) is 2.81. The summed E-state index contributed by atoms with van der Waals surface area (Å²) < 4.78 is 0. The fourth-order valence-corrected chi connectivity index (χ4v) is 4.89. The van der Waals surface area contributed by atoms with Gasteiger partial charge in [0.25, 0.3) is 0 Å². The van der Waals surface area contributed by atoms with Crippen molar-refractivity contribution in [2.24, 2.45) is 0 Å². The van der Waals surface area contributed by atoms with E-state index in [-0.39, 0.29) is 0 Å². The Kier molecular flexibility index (Phi) is 8.01. The highest BCUT2D eigenvalue weighted by Crippen LogP contribution is 2.40. The van der Waals surface area contributed by atoms with E-state index in [4.69, 9.17) is 0 Å². The van der Waals surface area contributed by atoms with E-state index in [2.05, 4.69) is 113 Å². The lowest BCUT2D eigenvalue weighted by atomic mass is 9.86. The van der Waals surface area contributed by atoms with Gasteiger partial charge in [-0.3, -0.25) is 0 Å². The van der Waals surface area contributed by atoms with E-state index in [1.165, 1.54) is 50.3 Å². The summed E-state index contributed by atoms with van der Waals surface area (Å²) in [7, 11) is 0. The number of nitrogens with zero attached hydrogens (tertiary/aromatic N) is 2. The van der Waals surface area contributed by atoms with E-state index >= 15 is 0 Å². The van der Waals surface area contributed by atoms with E-state index in [9.17, 15) is 0 Å². The van der Waals surface area contributed by atoms with E-state index in [0.29, 0.717) is 0 Å². The van der Waals surface area contributed by atoms with Crippen molar-refractivity contribution in [3.63, 3.8) is 0 Å². The van der Waals surface area contributed by atoms with E-state index in [0.717, 1.165) is 32.6 Å². The zero-order chi connectivity index (χ0) is 23.3. The largest absolute Gasteiger partial charge is 0.372 e. The first kappa shape index (κ1) is 23.9. The van der Waals surface area contributed by atoms with Gasteiger partial charge in [0.15, 0.2) is 0 Å². The van der Waals surface area contributed by atoms with Crippen LogP contribution in [0.25, 0.3) is 22.3 Å². The molecule has 0 aromatic heterocycles. The highest BCUT2D eigenvalue weighted by Gasteiger charge is 2.16. The van der Waals surface area contributed by atoms with Crippen molar-refractivity contribution in [3.05, 3.63) is 71.3 Å². The number of aryl methyl sites for hydroxylation is 3. The average molecular weight is 429 g/mol. The molecule has 2 nitrogen and oxygen atoms in total. The highest BCUT2D eigenvalue weighted by atomic mass is 15.1. The smallest absolute Gasteiger partial charge is 0.0369 e. The van der Waals surface area contributed by atoms with Gasteiger partial charge >= 0.3 is 0 Å². The molecule has 170 valence electrons. The third-order valence-corrected chi connectivity index (χ3v) is 6.77. The summed E-state index contributed by atoms with van der Waals surface area (Å²) in [6.45, 7) is 19.8. The van der Waals surface area contributed by atoms with Crippen molar-refractivity contribution in [2.45, 2.75) is 54.9 Å². The monoisotopic (exact) mass is 428 g/mol. The summed E-state index contributed by atoms with van der Waals surface area (Å²) >= 11 is 0. The van der Waals surface area contributed by atoms with Crippen LogP contribution in [-0.4, -0.2) is 26.2 Å². The minimum Gasteiger partial charge on any atom is -0.372 e. The Morgan fingerprint density at radius 3 is 1.50 bits per heavy atom. The van der Waals surface area contributed by atoms with E-state index in [1.54, 1.807) is 0 Å². The van der Waals surface area contributed by atoms with Crippen LogP contribution >= 0.6 is 0 Å². The lowest BCUT2D eigenvalue weighted by Gasteiger charge is -2.24. The molecule has 0 unspecified atom stereocenters. The van der Waals surface area contributed by atoms with Gasteiger partial charge in [0.2, 0.25) is 0 Å². The predicted molar refractivity (Wildman–Crippen MR) is 143 cm³/mol. The number of hydrogen-bond acceptors (Lipinski definition) is 2. The molecule has 2 heteroatoms. The number of rotatable bonds is 9. The molecule has 0 aliphatic rings. The first-order chi connectivity index (χ1) is 15.5. The van der Waals surface area contributed by atoms with Crippen LogP contribution in [0.4, 0.5) is 11.4 Å². The van der Waals surface area contributed by atoms with Crippen LogP contribution in [-0.2, 0) is 6.42 Å². The molecule has 3 aromatic rings. The topological polar surface area (TPSA) is 6.48 Å². The van der Waals surface area contributed by atoms with E-state index < -0.39 is 0 Å². The number of anilines is 2. The van der Waals surface area contributed by atoms with Crippen molar-refractivity contribution in [1.82, 2.24) is 0 Å². The minimum atomic E-state index is 1.02. The summed E-state index contributed by atoms with van der Waals surface area (Å²) in [6, 6.07) is 20.7. The van der Waals surface area contributed by atoms with Crippen LogP contribution in [0.3, 0.4) is 0 Å².